The zero-order chi connectivity index (χ0) is 22.9. The van der Waals surface area contributed by atoms with E-state index >= 15 is 0 Å². The van der Waals surface area contributed by atoms with Crippen molar-refractivity contribution < 1.29 is 23.5 Å². The number of hydrogen-bond acceptors (Lipinski definition) is 4. The van der Waals surface area contributed by atoms with Gasteiger partial charge in [0.1, 0.15) is 0 Å². The first-order valence-electron chi connectivity index (χ1n) is 11.1. The van der Waals surface area contributed by atoms with Crippen molar-refractivity contribution in [2.75, 3.05) is 28.4 Å². The van der Waals surface area contributed by atoms with Crippen LogP contribution >= 0.6 is 0 Å². The molecule has 33 heavy (non-hydrogen) atoms. The van der Waals surface area contributed by atoms with Crippen LogP contribution in [0, 0.1) is 0 Å². The summed E-state index contributed by atoms with van der Waals surface area (Å²) in [6.45, 7) is 0.871. The molecule has 0 fully saturated rings. The summed E-state index contributed by atoms with van der Waals surface area (Å²) in [5.74, 6) is 3.00. The van der Waals surface area contributed by atoms with Crippen LogP contribution in [0.15, 0.2) is 60.8 Å². The lowest BCUT2D eigenvalue weighted by Gasteiger charge is -2.22. The summed E-state index contributed by atoms with van der Waals surface area (Å²) < 4.78 is 25.0. The van der Waals surface area contributed by atoms with Crippen molar-refractivity contribution >= 4 is 10.8 Å². The highest BCUT2D eigenvalue weighted by Gasteiger charge is 2.31. The van der Waals surface area contributed by atoms with E-state index in [0.29, 0.717) is 0 Å². The highest BCUT2D eigenvalue weighted by Crippen LogP contribution is 2.42. The van der Waals surface area contributed by atoms with Gasteiger partial charge in [0.25, 0.3) is 0 Å². The minimum atomic E-state index is 0.735. The van der Waals surface area contributed by atoms with Crippen LogP contribution in [0.3, 0.4) is 0 Å². The maximum atomic E-state index is 5.81. The molecule has 0 spiro atoms. The minimum absolute atomic E-state index is 0.735. The van der Waals surface area contributed by atoms with Crippen LogP contribution in [-0.4, -0.2) is 28.4 Å². The fourth-order valence-corrected chi connectivity index (χ4v) is 4.93. The Morgan fingerprint density at radius 2 is 1.48 bits per heavy atom. The molecule has 0 N–H and O–H groups in total. The normalized spacial score (nSPS) is 12.1. The predicted molar refractivity (Wildman–Crippen MR) is 129 cm³/mol. The van der Waals surface area contributed by atoms with Crippen LogP contribution in [0.5, 0.6) is 23.0 Å². The molecule has 5 rings (SSSR count). The summed E-state index contributed by atoms with van der Waals surface area (Å²) in [6, 6.07) is 18.9. The topological polar surface area (TPSA) is 40.8 Å². The zero-order valence-corrected chi connectivity index (χ0v) is 19.5. The van der Waals surface area contributed by atoms with Crippen molar-refractivity contribution in [1.29, 1.82) is 0 Å². The molecule has 1 aromatic heterocycles. The highest BCUT2D eigenvalue weighted by atomic mass is 16.5. The molecule has 5 nitrogen and oxygen atoms in total. The van der Waals surface area contributed by atoms with Gasteiger partial charge >= 0.3 is 0 Å². The van der Waals surface area contributed by atoms with Crippen LogP contribution in [0.2, 0.25) is 0 Å². The Morgan fingerprint density at radius 3 is 2.18 bits per heavy atom. The van der Waals surface area contributed by atoms with Crippen LogP contribution in [0.4, 0.5) is 0 Å². The van der Waals surface area contributed by atoms with Gasteiger partial charge in [0.15, 0.2) is 35.7 Å². The number of benzene rings is 3. The van der Waals surface area contributed by atoms with Gasteiger partial charge in [0.05, 0.1) is 39.4 Å². The SMILES string of the molecule is COc1cc2c(cc1OC)-c1c(Cc3ccccc3)c3ccc(OC)c(OC)c3c[n+]1CC2. The monoisotopic (exact) mass is 442 g/mol. The molecule has 1 aliphatic heterocycles. The van der Waals surface area contributed by atoms with E-state index in [0.717, 1.165) is 53.2 Å². The Morgan fingerprint density at radius 1 is 0.758 bits per heavy atom. The fraction of sp³-hybridized carbons (Fsp3) is 0.250. The largest absolute Gasteiger partial charge is 0.493 e. The van der Waals surface area contributed by atoms with Gasteiger partial charge in [-0.05, 0) is 35.4 Å². The minimum Gasteiger partial charge on any atom is -0.493 e. The van der Waals surface area contributed by atoms with Gasteiger partial charge in [0, 0.05) is 23.8 Å². The molecule has 0 radical (unpaired) electrons. The third-order valence-electron chi connectivity index (χ3n) is 6.48. The Balaban J connectivity index is 1.84. The van der Waals surface area contributed by atoms with Gasteiger partial charge in [-0.15, -0.1) is 0 Å². The van der Waals surface area contributed by atoms with Gasteiger partial charge in [-0.25, -0.2) is 0 Å². The number of rotatable bonds is 6. The van der Waals surface area contributed by atoms with Crippen molar-refractivity contribution in [3.05, 3.63) is 77.5 Å². The van der Waals surface area contributed by atoms with E-state index in [4.69, 9.17) is 18.9 Å². The first-order chi connectivity index (χ1) is 16.2. The molecule has 0 unspecified atom stereocenters. The van der Waals surface area contributed by atoms with Gasteiger partial charge in [0.2, 0.25) is 5.69 Å². The lowest BCUT2D eigenvalue weighted by atomic mass is 9.88. The molecule has 168 valence electrons. The van der Waals surface area contributed by atoms with Crippen LogP contribution in [-0.2, 0) is 19.4 Å². The van der Waals surface area contributed by atoms with E-state index in [1.807, 2.05) is 6.07 Å². The van der Waals surface area contributed by atoms with Crippen molar-refractivity contribution in [2.24, 2.45) is 0 Å². The van der Waals surface area contributed by atoms with E-state index in [-0.39, 0.29) is 0 Å². The van der Waals surface area contributed by atoms with Gasteiger partial charge in [-0.1, -0.05) is 30.3 Å². The molecule has 0 atom stereocenters. The molecule has 5 heteroatoms. The van der Waals surface area contributed by atoms with Crippen molar-refractivity contribution in [2.45, 2.75) is 19.4 Å². The standard InChI is InChI=1S/C28H28NO4/c1-30-24-11-10-20-22(14-18-8-6-5-7-9-18)27-21-16-26(32-3)25(31-2)15-19(21)12-13-29(27)17-23(20)28(24)33-4/h5-11,15-17H,12-14H2,1-4H3/q+1. The average molecular weight is 443 g/mol. The molecular formula is C28H28NO4+. The van der Waals surface area contributed by atoms with E-state index in [2.05, 4.69) is 59.3 Å². The number of aromatic nitrogens is 1. The third-order valence-corrected chi connectivity index (χ3v) is 6.48. The summed E-state index contributed by atoms with van der Waals surface area (Å²) in [5.41, 5.74) is 6.17. The Bertz CT molecular complexity index is 1330. The Hall–Kier alpha value is -3.73. The summed E-state index contributed by atoms with van der Waals surface area (Å²) in [6.07, 6.45) is 3.91. The van der Waals surface area contributed by atoms with Crippen LogP contribution in [0.1, 0.15) is 16.7 Å². The van der Waals surface area contributed by atoms with Crippen LogP contribution < -0.4 is 23.5 Å². The van der Waals surface area contributed by atoms with Crippen molar-refractivity contribution in [3.63, 3.8) is 0 Å². The third kappa shape index (κ3) is 3.54. The van der Waals surface area contributed by atoms with Gasteiger partial charge in [-0.3, -0.25) is 0 Å². The first-order valence-corrected chi connectivity index (χ1v) is 11.1. The molecule has 3 aromatic carbocycles. The second-order valence-electron chi connectivity index (χ2n) is 8.19. The summed E-state index contributed by atoms with van der Waals surface area (Å²) >= 11 is 0. The molecule has 0 bridgehead atoms. The van der Waals surface area contributed by atoms with E-state index in [1.54, 1.807) is 28.4 Å². The smallest absolute Gasteiger partial charge is 0.217 e. The van der Waals surface area contributed by atoms with Gasteiger partial charge in [-0.2, -0.15) is 4.57 Å². The number of fused-ring (bicyclic) bond motifs is 4. The summed E-state index contributed by atoms with van der Waals surface area (Å²) in [7, 11) is 6.74. The molecule has 0 aliphatic carbocycles. The highest BCUT2D eigenvalue weighted by molar-refractivity contribution is 5.95. The van der Waals surface area contributed by atoms with Gasteiger partial charge < -0.3 is 18.9 Å². The van der Waals surface area contributed by atoms with E-state index in [9.17, 15) is 0 Å². The molecule has 0 saturated heterocycles. The van der Waals surface area contributed by atoms with Crippen molar-refractivity contribution in [3.8, 4) is 34.3 Å². The quantitative estimate of drug-likeness (QED) is 0.395. The summed E-state index contributed by atoms with van der Waals surface area (Å²) in [5, 5.41) is 2.21. The maximum absolute atomic E-state index is 5.81. The second-order valence-corrected chi connectivity index (χ2v) is 8.19. The lowest BCUT2D eigenvalue weighted by Crippen LogP contribution is -2.41. The first kappa shape index (κ1) is 21.1. The molecule has 0 saturated carbocycles. The van der Waals surface area contributed by atoms with Crippen LogP contribution in [0.25, 0.3) is 22.0 Å². The van der Waals surface area contributed by atoms with E-state index < -0.39 is 0 Å². The summed E-state index contributed by atoms with van der Waals surface area (Å²) in [4.78, 5) is 0. The molecule has 4 aromatic rings. The molecule has 2 heterocycles. The number of nitrogens with zero attached hydrogens (tertiary/aromatic N) is 1. The Kier molecular flexibility index (Phi) is 5.55. The number of aryl methyl sites for hydroxylation is 2. The number of hydrogen-bond donors (Lipinski definition) is 0. The fourth-order valence-electron chi connectivity index (χ4n) is 4.93. The number of pyridine rings is 1. The zero-order valence-electron chi connectivity index (χ0n) is 19.5. The number of ether oxygens (including phenoxy) is 4. The molecule has 1 aliphatic rings. The van der Waals surface area contributed by atoms with Crippen molar-refractivity contribution in [1.82, 2.24) is 0 Å². The Labute approximate surface area is 194 Å². The predicted octanol–water partition coefficient (Wildman–Crippen LogP) is 4.98. The lowest BCUT2D eigenvalue weighted by molar-refractivity contribution is -0.686. The molecular weight excluding hydrogens is 414 g/mol. The second kappa shape index (κ2) is 8.66. The average Bonchev–Trinajstić information content (AvgIpc) is 2.87. The number of methoxy groups -OCH3 is 4. The van der Waals surface area contributed by atoms with E-state index in [1.165, 1.54) is 27.9 Å². The molecule has 0 amide bonds. The maximum Gasteiger partial charge on any atom is 0.217 e.